The lowest BCUT2D eigenvalue weighted by Crippen LogP contribution is -2.54. The highest BCUT2D eigenvalue weighted by Gasteiger charge is 2.59. The molecule has 0 saturated heterocycles. The summed E-state index contributed by atoms with van der Waals surface area (Å²) in [5, 5.41) is 10.2. The molecule has 5 nitrogen and oxygen atoms in total. The molecule has 3 aliphatic rings. The number of esters is 1. The van der Waals surface area contributed by atoms with Crippen LogP contribution in [0.25, 0.3) is 0 Å². The summed E-state index contributed by atoms with van der Waals surface area (Å²) in [5.74, 6) is -0.485. The van der Waals surface area contributed by atoms with Crippen molar-refractivity contribution in [2.45, 2.75) is 65.6 Å². The second-order valence-electron chi connectivity index (χ2n) is 8.44. The van der Waals surface area contributed by atoms with Crippen LogP contribution in [0.1, 0.15) is 59.3 Å². The first-order valence-electron chi connectivity index (χ1n) is 9.61. The maximum atomic E-state index is 12.4. The van der Waals surface area contributed by atoms with Crippen molar-refractivity contribution < 1.29 is 24.2 Å². The first kappa shape index (κ1) is 19.2. The van der Waals surface area contributed by atoms with Gasteiger partial charge < -0.3 is 14.6 Å². The third kappa shape index (κ3) is 2.81. The molecule has 5 unspecified atom stereocenters. The highest BCUT2D eigenvalue weighted by atomic mass is 16.7. The molecule has 0 aromatic heterocycles. The minimum Gasteiger partial charge on any atom is -0.481 e. The molecule has 1 aliphatic heterocycles. The van der Waals surface area contributed by atoms with Gasteiger partial charge in [-0.3, -0.25) is 4.79 Å². The van der Waals surface area contributed by atoms with Crippen molar-refractivity contribution in [3.05, 3.63) is 23.3 Å². The lowest BCUT2D eigenvalue weighted by Gasteiger charge is -2.57. The second-order valence-corrected chi connectivity index (χ2v) is 8.44. The average molecular weight is 362 g/mol. The van der Waals surface area contributed by atoms with E-state index < -0.39 is 17.7 Å². The summed E-state index contributed by atoms with van der Waals surface area (Å²) in [5.41, 5.74) is 0.788. The number of aliphatic carboxylic acids is 1. The van der Waals surface area contributed by atoms with Crippen molar-refractivity contribution in [1.29, 1.82) is 0 Å². The van der Waals surface area contributed by atoms with E-state index in [1.165, 1.54) is 7.11 Å². The molecule has 2 aliphatic carbocycles. The van der Waals surface area contributed by atoms with Gasteiger partial charge in [-0.05, 0) is 68.8 Å². The summed E-state index contributed by atoms with van der Waals surface area (Å²) >= 11 is 0. The molecule has 5 atom stereocenters. The molecule has 1 saturated carbocycles. The minimum atomic E-state index is -0.751. The molecular weight excluding hydrogens is 332 g/mol. The van der Waals surface area contributed by atoms with Gasteiger partial charge in [-0.2, -0.15) is 0 Å². The van der Waals surface area contributed by atoms with E-state index >= 15 is 0 Å². The minimum absolute atomic E-state index is 0.0949. The highest BCUT2D eigenvalue weighted by molar-refractivity contribution is 5.90. The van der Waals surface area contributed by atoms with Gasteiger partial charge in [0.1, 0.15) is 0 Å². The number of cyclic esters (lactones) is 1. The van der Waals surface area contributed by atoms with Gasteiger partial charge in [0, 0.05) is 12.7 Å². The highest BCUT2D eigenvalue weighted by Crippen LogP contribution is 2.62. The van der Waals surface area contributed by atoms with Crippen LogP contribution in [0.5, 0.6) is 0 Å². The summed E-state index contributed by atoms with van der Waals surface area (Å²) in [6, 6.07) is 0. The van der Waals surface area contributed by atoms with Crippen LogP contribution in [-0.2, 0) is 19.1 Å². The molecular formula is C21H30O5. The number of carbonyl (C=O) groups is 2. The van der Waals surface area contributed by atoms with Crippen molar-refractivity contribution in [3.8, 4) is 0 Å². The number of hydrogen-bond donors (Lipinski definition) is 1. The zero-order valence-corrected chi connectivity index (χ0v) is 16.2. The summed E-state index contributed by atoms with van der Waals surface area (Å²) < 4.78 is 10.2. The van der Waals surface area contributed by atoms with Crippen LogP contribution in [0.4, 0.5) is 0 Å². The molecule has 144 valence electrons. The van der Waals surface area contributed by atoms with E-state index in [4.69, 9.17) is 9.47 Å². The first-order chi connectivity index (χ1) is 12.3. The fourth-order valence-corrected chi connectivity index (χ4v) is 5.55. The number of carboxylic acid groups (broad SMARTS) is 1. The topological polar surface area (TPSA) is 72.8 Å². The smallest absolute Gasteiger partial charge is 0.336 e. The average Bonchev–Trinajstić information content (AvgIpc) is 2.97. The Balaban J connectivity index is 1.88. The number of rotatable bonds is 5. The van der Waals surface area contributed by atoms with Gasteiger partial charge in [-0.25, -0.2) is 4.79 Å². The fraction of sp³-hybridized carbons (Fsp3) is 0.714. The number of carboxylic acids is 1. The Kier molecular flexibility index (Phi) is 5.04. The van der Waals surface area contributed by atoms with Gasteiger partial charge in [0.15, 0.2) is 0 Å². The number of carbonyl (C=O) groups excluding carboxylic acids is 1. The number of hydrogen-bond acceptors (Lipinski definition) is 4. The Morgan fingerprint density at radius 1 is 1.42 bits per heavy atom. The van der Waals surface area contributed by atoms with Gasteiger partial charge in [0.25, 0.3) is 0 Å². The molecule has 0 amide bonds. The Labute approximate surface area is 155 Å². The van der Waals surface area contributed by atoms with Gasteiger partial charge in [-0.1, -0.05) is 25.5 Å². The van der Waals surface area contributed by atoms with Crippen LogP contribution < -0.4 is 0 Å². The van der Waals surface area contributed by atoms with Crippen molar-refractivity contribution in [2.24, 2.45) is 22.7 Å². The van der Waals surface area contributed by atoms with E-state index in [0.29, 0.717) is 24.3 Å². The molecule has 3 rings (SSSR count). The number of methoxy groups -OCH3 is 1. The van der Waals surface area contributed by atoms with Gasteiger partial charge >= 0.3 is 11.9 Å². The molecule has 1 heterocycles. The van der Waals surface area contributed by atoms with Crippen molar-refractivity contribution in [2.75, 3.05) is 7.11 Å². The van der Waals surface area contributed by atoms with E-state index in [1.807, 2.05) is 6.92 Å². The van der Waals surface area contributed by atoms with E-state index in [-0.39, 0.29) is 17.3 Å². The van der Waals surface area contributed by atoms with Crippen molar-refractivity contribution >= 4 is 11.9 Å². The van der Waals surface area contributed by atoms with E-state index in [9.17, 15) is 14.7 Å². The molecule has 0 radical (unpaired) electrons. The summed E-state index contributed by atoms with van der Waals surface area (Å²) in [4.78, 5) is 24.4. The largest absolute Gasteiger partial charge is 0.481 e. The lowest BCUT2D eigenvalue weighted by molar-refractivity contribution is -0.162. The van der Waals surface area contributed by atoms with Crippen LogP contribution in [-0.4, -0.2) is 30.4 Å². The maximum absolute atomic E-state index is 12.4. The van der Waals surface area contributed by atoms with E-state index in [2.05, 4.69) is 19.9 Å². The molecule has 0 aromatic carbocycles. The fourth-order valence-electron chi connectivity index (χ4n) is 5.55. The zero-order chi connectivity index (χ0) is 19.1. The molecule has 5 heteroatoms. The molecule has 0 spiro atoms. The van der Waals surface area contributed by atoms with Gasteiger partial charge in [-0.15, -0.1) is 0 Å². The van der Waals surface area contributed by atoms with E-state index in [1.54, 1.807) is 6.08 Å². The van der Waals surface area contributed by atoms with Crippen LogP contribution in [0, 0.1) is 22.7 Å². The molecule has 1 N–H and O–H groups in total. The van der Waals surface area contributed by atoms with E-state index in [0.717, 1.165) is 31.3 Å². The molecule has 26 heavy (non-hydrogen) atoms. The zero-order valence-electron chi connectivity index (χ0n) is 16.2. The first-order valence-corrected chi connectivity index (χ1v) is 9.61. The number of fused-ring (bicyclic) bond motifs is 1. The van der Waals surface area contributed by atoms with Crippen LogP contribution >= 0.6 is 0 Å². The van der Waals surface area contributed by atoms with Crippen LogP contribution in [0.3, 0.4) is 0 Å². The van der Waals surface area contributed by atoms with Crippen molar-refractivity contribution in [1.82, 2.24) is 0 Å². The number of allylic oxidation sites excluding steroid dienone is 1. The predicted octanol–water partition coefficient (Wildman–Crippen LogP) is 4.09. The summed E-state index contributed by atoms with van der Waals surface area (Å²) in [6.07, 6.45) is 8.10. The second kappa shape index (κ2) is 6.84. The maximum Gasteiger partial charge on any atom is 0.336 e. The lowest BCUT2D eigenvalue weighted by atomic mass is 9.46. The Hall–Kier alpha value is -1.62. The Morgan fingerprint density at radius 3 is 2.77 bits per heavy atom. The van der Waals surface area contributed by atoms with Crippen LogP contribution in [0.15, 0.2) is 23.3 Å². The summed E-state index contributed by atoms with van der Waals surface area (Å²) in [6.45, 7) is 6.45. The Morgan fingerprint density at radius 2 is 2.15 bits per heavy atom. The SMILES string of the molecule is COC1C=C(CCC2(C)C(C)CCC3(C(=O)O)C(C)=CCCC32)C(=O)O1. The van der Waals surface area contributed by atoms with Crippen molar-refractivity contribution in [3.63, 3.8) is 0 Å². The quantitative estimate of drug-likeness (QED) is 0.589. The number of ether oxygens (including phenoxy) is 2. The third-order valence-corrected chi connectivity index (χ3v) is 7.47. The molecule has 1 fully saturated rings. The predicted molar refractivity (Wildman–Crippen MR) is 97.3 cm³/mol. The monoisotopic (exact) mass is 362 g/mol. The van der Waals surface area contributed by atoms with Crippen LogP contribution in [0.2, 0.25) is 0 Å². The Bertz CT molecular complexity index is 663. The normalized spacial score (nSPS) is 39.7. The third-order valence-electron chi connectivity index (χ3n) is 7.47. The summed E-state index contributed by atoms with van der Waals surface area (Å²) in [7, 11) is 1.51. The standard InChI is InChI=1S/C21H30O5/c1-13-8-11-21(19(23)24)14(2)6-5-7-16(21)20(13,3)10-9-15-12-17(25-4)26-18(15)22/h6,12-13,16-17H,5,7-11H2,1-4H3,(H,23,24). The van der Waals surface area contributed by atoms with Gasteiger partial charge in [0.2, 0.25) is 6.29 Å². The molecule has 0 bridgehead atoms. The molecule has 0 aromatic rings. The van der Waals surface area contributed by atoms with Gasteiger partial charge in [0.05, 0.1) is 5.41 Å².